The fourth-order valence-corrected chi connectivity index (χ4v) is 2.56. The summed E-state index contributed by atoms with van der Waals surface area (Å²) in [6.45, 7) is 8.84. The first-order valence-electron chi connectivity index (χ1n) is 7.21. The summed E-state index contributed by atoms with van der Waals surface area (Å²) in [6, 6.07) is 0.740. The summed E-state index contributed by atoms with van der Waals surface area (Å²) >= 11 is 0. The topological polar surface area (TPSA) is 57.2 Å². The van der Waals surface area contributed by atoms with E-state index in [2.05, 4.69) is 15.1 Å². The maximum absolute atomic E-state index is 9.90. The van der Waals surface area contributed by atoms with Crippen molar-refractivity contribution in [3.8, 4) is 0 Å². The smallest absolute Gasteiger partial charge is 0.0900 e. The first kappa shape index (κ1) is 15.2. The minimum Gasteiger partial charge on any atom is -0.389 e. The maximum atomic E-state index is 9.90. The first-order chi connectivity index (χ1) is 9.29. The van der Waals surface area contributed by atoms with Gasteiger partial charge in [0.05, 0.1) is 25.9 Å². The van der Waals surface area contributed by atoms with E-state index >= 15 is 0 Å². The molecule has 2 aliphatic rings. The van der Waals surface area contributed by atoms with Gasteiger partial charge in [0.2, 0.25) is 0 Å². The number of rotatable bonds is 8. The number of aliphatic hydroxyl groups excluding tert-OH is 1. The Balaban J connectivity index is 1.54. The van der Waals surface area contributed by atoms with E-state index in [1.165, 1.54) is 0 Å². The summed E-state index contributed by atoms with van der Waals surface area (Å²) in [5.74, 6) is 0. The second-order valence-electron chi connectivity index (χ2n) is 5.37. The number of nitrogens with one attached hydrogen (secondary N) is 1. The van der Waals surface area contributed by atoms with E-state index in [1.54, 1.807) is 7.11 Å². The van der Waals surface area contributed by atoms with Crippen molar-refractivity contribution in [1.82, 2.24) is 15.1 Å². The number of aliphatic hydroxyl groups is 1. The Morgan fingerprint density at radius 1 is 1.21 bits per heavy atom. The highest BCUT2D eigenvalue weighted by atomic mass is 16.5. The number of ether oxygens (including phenoxy) is 2. The quantitative estimate of drug-likeness (QED) is 0.531. The molecule has 2 heterocycles. The lowest BCUT2D eigenvalue weighted by molar-refractivity contribution is -0.0112. The minimum atomic E-state index is -0.395. The second kappa shape index (κ2) is 8.14. The van der Waals surface area contributed by atoms with Gasteiger partial charge in [-0.3, -0.25) is 9.80 Å². The van der Waals surface area contributed by atoms with Gasteiger partial charge in [-0.05, 0) is 0 Å². The molecular formula is C13H27N3O3. The van der Waals surface area contributed by atoms with Crippen molar-refractivity contribution in [2.45, 2.75) is 12.1 Å². The van der Waals surface area contributed by atoms with Crippen molar-refractivity contribution >= 4 is 0 Å². The zero-order valence-electron chi connectivity index (χ0n) is 11.9. The Morgan fingerprint density at radius 2 is 1.95 bits per heavy atom. The van der Waals surface area contributed by atoms with Crippen LogP contribution in [0.25, 0.3) is 0 Å². The van der Waals surface area contributed by atoms with E-state index in [0.29, 0.717) is 26.4 Å². The van der Waals surface area contributed by atoms with Crippen LogP contribution >= 0.6 is 0 Å². The van der Waals surface area contributed by atoms with Crippen LogP contribution in [0.2, 0.25) is 0 Å². The normalized spacial score (nSPS) is 24.3. The Bertz CT molecular complexity index is 243. The summed E-state index contributed by atoms with van der Waals surface area (Å²) in [7, 11) is 1.65. The van der Waals surface area contributed by atoms with Crippen molar-refractivity contribution in [2.24, 2.45) is 0 Å². The van der Waals surface area contributed by atoms with Gasteiger partial charge in [0, 0.05) is 59.0 Å². The Morgan fingerprint density at radius 3 is 2.53 bits per heavy atom. The Kier molecular flexibility index (Phi) is 6.49. The highest BCUT2D eigenvalue weighted by Gasteiger charge is 2.28. The molecule has 19 heavy (non-hydrogen) atoms. The molecule has 0 aromatic heterocycles. The lowest BCUT2D eigenvalue weighted by Crippen LogP contribution is -2.62. The van der Waals surface area contributed by atoms with E-state index in [4.69, 9.17) is 9.47 Å². The molecule has 6 heteroatoms. The van der Waals surface area contributed by atoms with Crippen LogP contribution in [0.1, 0.15) is 0 Å². The fraction of sp³-hybridized carbons (Fsp3) is 1.00. The summed E-state index contributed by atoms with van der Waals surface area (Å²) in [5.41, 5.74) is 0. The van der Waals surface area contributed by atoms with Crippen molar-refractivity contribution in [3.05, 3.63) is 0 Å². The molecule has 0 aromatic rings. The molecule has 0 radical (unpaired) electrons. The van der Waals surface area contributed by atoms with Crippen molar-refractivity contribution in [2.75, 3.05) is 72.7 Å². The molecule has 0 bridgehead atoms. The van der Waals surface area contributed by atoms with Gasteiger partial charge in [0.15, 0.2) is 0 Å². The SMILES string of the molecule is COCCOCC(O)CN1CCN(C2CNC2)CC1. The zero-order valence-corrected chi connectivity index (χ0v) is 11.9. The van der Waals surface area contributed by atoms with Gasteiger partial charge >= 0.3 is 0 Å². The average Bonchev–Trinajstić information content (AvgIpc) is 2.35. The van der Waals surface area contributed by atoms with Gasteiger partial charge in [0.1, 0.15) is 0 Å². The van der Waals surface area contributed by atoms with Gasteiger partial charge in [-0.25, -0.2) is 0 Å². The van der Waals surface area contributed by atoms with Crippen LogP contribution < -0.4 is 5.32 Å². The molecule has 0 spiro atoms. The van der Waals surface area contributed by atoms with Gasteiger partial charge in [-0.15, -0.1) is 0 Å². The van der Waals surface area contributed by atoms with E-state index < -0.39 is 6.10 Å². The average molecular weight is 273 g/mol. The van der Waals surface area contributed by atoms with Gasteiger partial charge in [0.25, 0.3) is 0 Å². The lowest BCUT2D eigenvalue weighted by Gasteiger charge is -2.43. The Hall–Kier alpha value is -0.240. The number of hydrogen-bond acceptors (Lipinski definition) is 6. The molecule has 2 aliphatic heterocycles. The lowest BCUT2D eigenvalue weighted by atomic mass is 10.1. The van der Waals surface area contributed by atoms with E-state index in [9.17, 15) is 5.11 Å². The van der Waals surface area contributed by atoms with Gasteiger partial charge < -0.3 is 19.9 Å². The molecule has 2 N–H and O–H groups in total. The van der Waals surface area contributed by atoms with E-state index in [-0.39, 0.29) is 0 Å². The van der Waals surface area contributed by atoms with Crippen LogP contribution in [0.3, 0.4) is 0 Å². The number of methoxy groups -OCH3 is 1. The molecule has 2 rings (SSSR count). The number of β-amino-alcohol motifs (C(OH)–C–C–N with tert-alkyl or cyclic N) is 1. The monoisotopic (exact) mass is 273 g/mol. The molecule has 2 saturated heterocycles. The molecule has 0 aromatic carbocycles. The fourth-order valence-electron chi connectivity index (χ4n) is 2.56. The highest BCUT2D eigenvalue weighted by Crippen LogP contribution is 2.09. The van der Waals surface area contributed by atoms with Crippen molar-refractivity contribution in [1.29, 1.82) is 0 Å². The standard InChI is InChI=1S/C13H27N3O3/c1-18-6-7-19-11-13(17)10-15-2-4-16(5-3-15)12-8-14-9-12/h12-14,17H,2-11H2,1H3. The first-order valence-corrected chi connectivity index (χ1v) is 7.21. The van der Waals surface area contributed by atoms with E-state index in [0.717, 1.165) is 45.3 Å². The summed E-state index contributed by atoms with van der Waals surface area (Å²) in [5, 5.41) is 13.2. The van der Waals surface area contributed by atoms with Crippen LogP contribution in [0.4, 0.5) is 0 Å². The number of hydrogen-bond donors (Lipinski definition) is 2. The summed E-state index contributed by atoms with van der Waals surface area (Å²) < 4.78 is 10.2. The summed E-state index contributed by atoms with van der Waals surface area (Å²) in [6.07, 6.45) is -0.395. The predicted molar refractivity (Wildman–Crippen MR) is 73.4 cm³/mol. The molecule has 6 nitrogen and oxygen atoms in total. The molecule has 0 saturated carbocycles. The van der Waals surface area contributed by atoms with Crippen LogP contribution in [0, 0.1) is 0 Å². The summed E-state index contributed by atoms with van der Waals surface area (Å²) in [4.78, 5) is 4.88. The third-order valence-corrected chi connectivity index (χ3v) is 3.89. The van der Waals surface area contributed by atoms with Gasteiger partial charge in [-0.1, -0.05) is 0 Å². The van der Waals surface area contributed by atoms with Gasteiger partial charge in [-0.2, -0.15) is 0 Å². The Labute approximate surface area is 115 Å². The molecule has 1 unspecified atom stereocenters. The van der Waals surface area contributed by atoms with Crippen LogP contribution in [0.15, 0.2) is 0 Å². The minimum absolute atomic E-state index is 0.395. The third kappa shape index (κ3) is 4.98. The molecule has 0 aliphatic carbocycles. The largest absolute Gasteiger partial charge is 0.389 e. The molecule has 2 fully saturated rings. The van der Waals surface area contributed by atoms with Crippen LogP contribution in [0.5, 0.6) is 0 Å². The van der Waals surface area contributed by atoms with E-state index in [1.807, 2.05) is 0 Å². The second-order valence-corrected chi connectivity index (χ2v) is 5.37. The van der Waals surface area contributed by atoms with Crippen molar-refractivity contribution in [3.63, 3.8) is 0 Å². The molecule has 0 amide bonds. The highest BCUT2D eigenvalue weighted by molar-refractivity contribution is 4.87. The van der Waals surface area contributed by atoms with Crippen LogP contribution in [-0.2, 0) is 9.47 Å². The predicted octanol–water partition coefficient (Wildman–Crippen LogP) is -1.40. The zero-order chi connectivity index (χ0) is 13.5. The van der Waals surface area contributed by atoms with Crippen molar-refractivity contribution < 1.29 is 14.6 Å². The molecule has 112 valence electrons. The third-order valence-electron chi connectivity index (χ3n) is 3.89. The number of piperazine rings is 1. The maximum Gasteiger partial charge on any atom is 0.0900 e. The van der Waals surface area contributed by atoms with Crippen LogP contribution in [-0.4, -0.2) is 99.8 Å². The molecule has 1 atom stereocenters. The number of nitrogens with zero attached hydrogens (tertiary/aromatic N) is 2. The molecular weight excluding hydrogens is 246 g/mol.